The van der Waals surface area contributed by atoms with Crippen molar-refractivity contribution in [2.45, 2.75) is 44.0 Å². The Morgan fingerprint density at radius 1 is 1.40 bits per heavy atom. The lowest BCUT2D eigenvalue weighted by molar-refractivity contribution is 0.262. The molecule has 0 radical (unpaired) electrons. The zero-order valence-corrected chi connectivity index (χ0v) is 12.8. The molecule has 7 heteroatoms. The highest BCUT2D eigenvalue weighted by Crippen LogP contribution is 2.26. The van der Waals surface area contributed by atoms with Crippen LogP contribution in [0, 0.1) is 5.92 Å². The molecule has 2 N–H and O–H groups in total. The van der Waals surface area contributed by atoms with Crippen molar-refractivity contribution in [3.63, 3.8) is 0 Å². The van der Waals surface area contributed by atoms with E-state index in [4.69, 9.17) is 5.73 Å². The van der Waals surface area contributed by atoms with Gasteiger partial charge in [-0.3, -0.25) is 4.68 Å². The first-order valence-corrected chi connectivity index (χ1v) is 8.74. The average Bonchev–Trinajstić information content (AvgIpc) is 2.90. The van der Waals surface area contributed by atoms with E-state index in [1.807, 2.05) is 0 Å². The van der Waals surface area contributed by atoms with Crippen LogP contribution < -0.4 is 5.73 Å². The van der Waals surface area contributed by atoms with Crippen LogP contribution in [0.15, 0.2) is 17.3 Å². The lowest BCUT2D eigenvalue weighted by Gasteiger charge is -2.30. The Labute approximate surface area is 121 Å². The van der Waals surface area contributed by atoms with E-state index >= 15 is 0 Å². The second kappa shape index (κ2) is 6.69. The first kappa shape index (κ1) is 15.5. The lowest BCUT2D eigenvalue weighted by atomic mass is 9.94. The van der Waals surface area contributed by atoms with Crippen LogP contribution in [0.1, 0.15) is 32.6 Å². The molecule has 0 bridgehead atoms. The summed E-state index contributed by atoms with van der Waals surface area (Å²) in [6, 6.07) is 0. The predicted octanol–water partition coefficient (Wildman–Crippen LogP) is 1.04. The SMILES string of the molecule is CCCC1CCN(S(=O)(=O)c2cnn(CCN)c2)CC1. The maximum Gasteiger partial charge on any atom is 0.246 e. The summed E-state index contributed by atoms with van der Waals surface area (Å²) in [6.07, 6.45) is 7.28. The summed E-state index contributed by atoms with van der Waals surface area (Å²) in [4.78, 5) is 0.278. The molecule has 0 unspecified atom stereocenters. The Kier molecular flexibility index (Phi) is 5.17. The number of hydrogen-bond acceptors (Lipinski definition) is 4. The molecular formula is C13H24N4O2S. The first-order chi connectivity index (χ1) is 9.57. The molecule has 1 aromatic heterocycles. The summed E-state index contributed by atoms with van der Waals surface area (Å²) in [5.74, 6) is 0.673. The van der Waals surface area contributed by atoms with Gasteiger partial charge in [-0.05, 0) is 18.8 Å². The van der Waals surface area contributed by atoms with Gasteiger partial charge in [-0.1, -0.05) is 19.8 Å². The van der Waals surface area contributed by atoms with Gasteiger partial charge in [0.25, 0.3) is 0 Å². The number of nitrogens with two attached hydrogens (primary N) is 1. The average molecular weight is 300 g/mol. The van der Waals surface area contributed by atoms with Crippen molar-refractivity contribution in [2.24, 2.45) is 11.7 Å². The van der Waals surface area contributed by atoms with Crippen molar-refractivity contribution in [3.8, 4) is 0 Å². The number of hydrogen-bond donors (Lipinski definition) is 1. The van der Waals surface area contributed by atoms with Gasteiger partial charge in [-0.2, -0.15) is 9.40 Å². The maximum atomic E-state index is 12.5. The molecular weight excluding hydrogens is 276 g/mol. The van der Waals surface area contributed by atoms with Crippen LogP contribution in [-0.4, -0.2) is 42.1 Å². The Bertz CT molecular complexity index is 518. The second-order valence-corrected chi connectivity index (χ2v) is 7.30. The smallest absolute Gasteiger partial charge is 0.246 e. The van der Waals surface area contributed by atoms with E-state index in [9.17, 15) is 8.42 Å². The third-order valence-corrected chi connectivity index (χ3v) is 5.73. The summed E-state index contributed by atoms with van der Waals surface area (Å²) < 4.78 is 28.2. The van der Waals surface area contributed by atoms with Gasteiger partial charge in [0.05, 0.1) is 12.7 Å². The third kappa shape index (κ3) is 3.39. The standard InChI is InChI=1S/C13H24N4O2S/c1-2-3-12-4-7-17(8-5-12)20(18,19)13-10-15-16(11-13)9-6-14/h10-12H,2-9,14H2,1H3. The number of aromatic nitrogens is 2. The Morgan fingerprint density at radius 2 is 2.10 bits per heavy atom. The molecule has 1 saturated heterocycles. The van der Waals surface area contributed by atoms with Crippen LogP contribution in [0.5, 0.6) is 0 Å². The van der Waals surface area contributed by atoms with E-state index < -0.39 is 10.0 Å². The summed E-state index contributed by atoms with van der Waals surface area (Å²) in [5, 5.41) is 4.04. The molecule has 6 nitrogen and oxygen atoms in total. The van der Waals surface area contributed by atoms with Crippen molar-refractivity contribution >= 4 is 10.0 Å². The van der Waals surface area contributed by atoms with Crippen LogP contribution >= 0.6 is 0 Å². The zero-order chi connectivity index (χ0) is 14.6. The van der Waals surface area contributed by atoms with Gasteiger partial charge >= 0.3 is 0 Å². The van der Waals surface area contributed by atoms with Crippen molar-refractivity contribution in [1.82, 2.24) is 14.1 Å². The molecule has 2 heterocycles. The van der Waals surface area contributed by atoms with Gasteiger partial charge in [-0.15, -0.1) is 0 Å². The third-order valence-electron chi connectivity index (χ3n) is 3.88. The van der Waals surface area contributed by atoms with Crippen LogP contribution in [-0.2, 0) is 16.6 Å². The minimum atomic E-state index is -3.39. The second-order valence-electron chi connectivity index (χ2n) is 5.36. The fourth-order valence-corrected chi connectivity index (χ4v) is 4.15. The van der Waals surface area contributed by atoms with Gasteiger partial charge < -0.3 is 5.73 Å². The molecule has 0 saturated carbocycles. The van der Waals surface area contributed by atoms with Crippen LogP contribution in [0.25, 0.3) is 0 Å². The Balaban J connectivity index is 2.03. The summed E-state index contributed by atoms with van der Waals surface area (Å²) >= 11 is 0. The largest absolute Gasteiger partial charge is 0.329 e. The van der Waals surface area contributed by atoms with Crippen LogP contribution in [0.3, 0.4) is 0 Å². The molecule has 1 fully saturated rings. The van der Waals surface area contributed by atoms with Crippen molar-refractivity contribution in [3.05, 3.63) is 12.4 Å². The van der Waals surface area contributed by atoms with E-state index in [2.05, 4.69) is 12.0 Å². The van der Waals surface area contributed by atoms with Crippen LogP contribution in [0.2, 0.25) is 0 Å². The highest BCUT2D eigenvalue weighted by molar-refractivity contribution is 7.89. The van der Waals surface area contributed by atoms with Gasteiger partial charge in [0.15, 0.2) is 0 Å². The molecule has 1 aliphatic heterocycles. The Morgan fingerprint density at radius 3 is 2.70 bits per heavy atom. The monoisotopic (exact) mass is 300 g/mol. The number of nitrogens with zero attached hydrogens (tertiary/aromatic N) is 3. The minimum absolute atomic E-state index is 0.278. The highest BCUT2D eigenvalue weighted by atomic mass is 32.2. The Hall–Kier alpha value is -0.920. The molecule has 2 rings (SSSR count). The predicted molar refractivity (Wildman–Crippen MR) is 77.7 cm³/mol. The summed E-state index contributed by atoms with van der Waals surface area (Å²) in [7, 11) is -3.39. The van der Waals surface area contributed by atoms with E-state index in [0.29, 0.717) is 32.1 Å². The zero-order valence-electron chi connectivity index (χ0n) is 12.0. The summed E-state index contributed by atoms with van der Waals surface area (Å²) in [5.41, 5.74) is 5.44. The molecule has 0 aliphatic carbocycles. The molecule has 0 aromatic carbocycles. The lowest BCUT2D eigenvalue weighted by Crippen LogP contribution is -2.38. The van der Waals surface area contributed by atoms with Crippen molar-refractivity contribution in [2.75, 3.05) is 19.6 Å². The molecule has 0 amide bonds. The fourth-order valence-electron chi connectivity index (χ4n) is 2.73. The number of rotatable bonds is 6. The number of sulfonamides is 1. The minimum Gasteiger partial charge on any atom is -0.329 e. The van der Waals surface area contributed by atoms with Gasteiger partial charge in [0.1, 0.15) is 4.90 Å². The molecule has 20 heavy (non-hydrogen) atoms. The first-order valence-electron chi connectivity index (χ1n) is 7.30. The molecule has 1 aliphatic rings. The molecule has 1 aromatic rings. The highest BCUT2D eigenvalue weighted by Gasteiger charge is 2.29. The number of piperidine rings is 1. The maximum absolute atomic E-state index is 12.5. The quantitative estimate of drug-likeness (QED) is 0.851. The summed E-state index contributed by atoms with van der Waals surface area (Å²) in [6.45, 7) is 4.40. The van der Waals surface area contributed by atoms with Crippen LogP contribution in [0.4, 0.5) is 0 Å². The van der Waals surface area contributed by atoms with E-state index in [1.54, 1.807) is 15.2 Å². The van der Waals surface area contributed by atoms with Crippen molar-refractivity contribution < 1.29 is 8.42 Å². The van der Waals surface area contributed by atoms with Gasteiger partial charge in [-0.25, -0.2) is 8.42 Å². The van der Waals surface area contributed by atoms with E-state index in [0.717, 1.165) is 12.8 Å². The normalized spacial score (nSPS) is 18.5. The molecule has 114 valence electrons. The fraction of sp³-hybridized carbons (Fsp3) is 0.769. The molecule has 0 atom stereocenters. The van der Waals surface area contributed by atoms with E-state index in [-0.39, 0.29) is 4.90 Å². The van der Waals surface area contributed by atoms with Gasteiger partial charge in [0.2, 0.25) is 10.0 Å². The van der Waals surface area contributed by atoms with Crippen molar-refractivity contribution in [1.29, 1.82) is 0 Å². The van der Waals surface area contributed by atoms with E-state index in [1.165, 1.54) is 19.0 Å². The van der Waals surface area contributed by atoms with Gasteiger partial charge in [0, 0.05) is 25.8 Å². The molecule has 0 spiro atoms. The topological polar surface area (TPSA) is 81.2 Å².